The Labute approximate surface area is 206 Å². The fraction of sp³-hybridized carbons (Fsp3) is 0.231. The average molecular weight is 500 g/mol. The first-order valence-corrected chi connectivity index (χ1v) is 12.1. The van der Waals surface area contributed by atoms with Crippen LogP contribution in [0.15, 0.2) is 66.7 Å². The summed E-state index contributed by atoms with van der Waals surface area (Å²) in [6, 6.07) is 18.7. The van der Waals surface area contributed by atoms with Gasteiger partial charge in [-0.3, -0.25) is 14.5 Å². The summed E-state index contributed by atoms with van der Waals surface area (Å²) in [6.07, 6.45) is 0.394. The average Bonchev–Trinajstić information content (AvgIpc) is 3.08. The molecule has 34 heavy (non-hydrogen) atoms. The van der Waals surface area contributed by atoms with E-state index >= 15 is 0 Å². The Bertz CT molecular complexity index is 1170. The summed E-state index contributed by atoms with van der Waals surface area (Å²) in [7, 11) is 0. The molecule has 0 bridgehead atoms. The summed E-state index contributed by atoms with van der Waals surface area (Å²) in [6.45, 7) is 2.81. The van der Waals surface area contributed by atoms with Gasteiger partial charge in [0.25, 0.3) is 5.24 Å². The number of imide groups is 1. The van der Waals surface area contributed by atoms with Crippen LogP contribution in [0.1, 0.15) is 23.6 Å². The second kappa shape index (κ2) is 10.9. The minimum Gasteiger partial charge on any atom is -0.490 e. The maximum absolute atomic E-state index is 13.1. The van der Waals surface area contributed by atoms with Gasteiger partial charge in [-0.25, -0.2) is 4.39 Å². The van der Waals surface area contributed by atoms with Crippen molar-refractivity contribution in [3.63, 3.8) is 0 Å². The van der Waals surface area contributed by atoms with Crippen LogP contribution in [-0.4, -0.2) is 27.9 Å². The SMILES string of the molecule is CCOc1cc(C[C@H]2SC(=O)N(Cc3ccc(Cl)cc3)C2=O)ccc1OCc1ccc(F)cc1. The van der Waals surface area contributed by atoms with Gasteiger partial charge in [0.2, 0.25) is 5.91 Å². The van der Waals surface area contributed by atoms with Gasteiger partial charge in [0.1, 0.15) is 12.4 Å². The third-order valence-corrected chi connectivity index (χ3v) is 6.62. The molecule has 0 saturated carbocycles. The molecule has 0 spiro atoms. The Hall–Kier alpha value is -3.03. The molecule has 4 rings (SSSR count). The molecular formula is C26H23ClFNO4S. The van der Waals surface area contributed by atoms with Gasteiger partial charge < -0.3 is 9.47 Å². The van der Waals surface area contributed by atoms with Gasteiger partial charge in [-0.2, -0.15) is 0 Å². The van der Waals surface area contributed by atoms with Crippen LogP contribution >= 0.6 is 23.4 Å². The maximum Gasteiger partial charge on any atom is 0.289 e. The number of hydrogen-bond acceptors (Lipinski definition) is 5. The van der Waals surface area contributed by atoms with Gasteiger partial charge in [-0.15, -0.1) is 0 Å². The van der Waals surface area contributed by atoms with E-state index in [9.17, 15) is 14.0 Å². The molecular weight excluding hydrogens is 477 g/mol. The minimum atomic E-state index is -0.500. The zero-order valence-corrected chi connectivity index (χ0v) is 20.1. The molecule has 3 aromatic carbocycles. The highest BCUT2D eigenvalue weighted by Crippen LogP contribution is 2.34. The highest BCUT2D eigenvalue weighted by Gasteiger charge is 2.39. The third-order valence-electron chi connectivity index (χ3n) is 5.30. The van der Waals surface area contributed by atoms with Crippen LogP contribution in [-0.2, 0) is 24.4 Å². The van der Waals surface area contributed by atoms with Crippen molar-refractivity contribution in [2.45, 2.75) is 31.7 Å². The Morgan fingerprint density at radius 2 is 1.59 bits per heavy atom. The second-order valence-electron chi connectivity index (χ2n) is 7.76. The Balaban J connectivity index is 1.42. The summed E-state index contributed by atoms with van der Waals surface area (Å²) in [5, 5.41) is -0.153. The Morgan fingerprint density at radius 1 is 0.912 bits per heavy atom. The Morgan fingerprint density at radius 3 is 2.29 bits per heavy atom. The minimum absolute atomic E-state index is 0.209. The van der Waals surface area contributed by atoms with Crippen molar-refractivity contribution in [3.8, 4) is 11.5 Å². The number of rotatable bonds is 9. The number of nitrogens with zero attached hydrogens (tertiary/aromatic N) is 1. The summed E-state index contributed by atoms with van der Waals surface area (Å²) >= 11 is 6.96. The number of amides is 2. The highest BCUT2D eigenvalue weighted by molar-refractivity contribution is 8.15. The van der Waals surface area contributed by atoms with Crippen LogP contribution in [0.2, 0.25) is 5.02 Å². The summed E-state index contributed by atoms with van der Waals surface area (Å²) in [5.74, 6) is 0.606. The quantitative estimate of drug-likeness (QED) is 0.347. The first-order valence-electron chi connectivity index (χ1n) is 10.8. The van der Waals surface area contributed by atoms with Crippen LogP contribution < -0.4 is 9.47 Å². The first-order chi connectivity index (χ1) is 16.4. The van der Waals surface area contributed by atoms with Gasteiger partial charge in [-0.05, 0) is 66.4 Å². The molecule has 0 unspecified atom stereocenters. The molecule has 1 aliphatic heterocycles. The fourth-order valence-corrected chi connectivity index (χ4v) is 4.72. The predicted octanol–water partition coefficient (Wildman–Crippen LogP) is 6.26. The van der Waals surface area contributed by atoms with Crippen LogP contribution in [0.4, 0.5) is 9.18 Å². The van der Waals surface area contributed by atoms with E-state index in [1.807, 2.05) is 19.1 Å². The molecule has 0 aromatic heterocycles. The summed E-state index contributed by atoms with van der Waals surface area (Å²) in [5.41, 5.74) is 2.54. The van der Waals surface area contributed by atoms with Crippen LogP contribution in [0.5, 0.6) is 11.5 Å². The van der Waals surface area contributed by atoms with Gasteiger partial charge in [0.15, 0.2) is 11.5 Å². The van der Waals surface area contributed by atoms with E-state index in [0.717, 1.165) is 28.5 Å². The zero-order chi connectivity index (χ0) is 24.1. The van der Waals surface area contributed by atoms with E-state index in [2.05, 4.69) is 0 Å². The molecule has 1 aliphatic rings. The van der Waals surface area contributed by atoms with E-state index in [-0.39, 0.29) is 30.1 Å². The topological polar surface area (TPSA) is 55.8 Å². The summed E-state index contributed by atoms with van der Waals surface area (Å²) in [4.78, 5) is 26.7. The van der Waals surface area contributed by atoms with E-state index in [4.69, 9.17) is 21.1 Å². The van der Waals surface area contributed by atoms with Crippen LogP contribution in [0.3, 0.4) is 0 Å². The number of carbonyl (C=O) groups excluding carboxylic acids is 2. The molecule has 0 N–H and O–H groups in total. The van der Waals surface area contributed by atoms with E-state index < -0.39 is 5.25 Å². The van der Waals surface area contributed by atoms with Crippen LogP contribution in [0.25, 0.3) is 0 Å². The van der Waals surface area contributed by atoms with Gasteiger partial charge in [-0.1, -0.05) is 53.7 Å². The first kappa shape index (κ1) is 24.1. The molecule has 1 fully saturated rings. The number of halogens is 2. The van der Waals surface area contributed by atoms with Crippen molar-refractivity contribution in [2.24, 2.45) is 0 Å². The molecule has 5 nitrogen and oxygen atoms in total. The highest BCUT2D eigenvalue weighted by atomic mass is 35.5. The number of thioether (sulfide) groups is 1. The van der Waals surface area contributed by atoms with Gasteiger partial charge in [0.05, 0.1) is 18.4 Å². The smallest absolute Gasteiger partial charge is 0.289 e. The van der Waals surface area contributed by atoms with Crippen molar-refractivity contribution in [1.29, 1.82) is 0 Å². The summed E-state index contributed by atoms with van der Waals surface area (Å²) < 4.78 is 24.7. The monoisotopic (exact) mass is 499 g/mol. The number of benzene rings is 3. The molecule has 0 radical (unpaired) electrons. The largest absolute Gasteiger partial charge is 0.490 e. The molecule has 3 aromatic rings. The molecule has 1 atom stereocenters. The number of carbonyl (C=O) groups is 2. The lowest BCUT2D eigenvalue weighted by atomic mass is 10.1. The Kier molecular flexibility index (Phi) is 7.75. The van der Waals surface area contributed by atoms with Crippen molar-refractivity contribution in [1.82, 2.24) is 4.90 Å². The number of hydrogen-bond donors (Lipinski definition) is 0. The molecule has 8 heteroatoms. The molecule has 1 heterocycles. The standard InChI is InChI=1S/C26H23ClFNO4S/c1-2-32-23-13-19(7-12-22(23)33-16-18-5-10-21(28)11-6-18)14-24-25(30)29(26(31)34-24)15-17-3-8-20(27)9-4-17/h3-13,24H,2,14-16H2,1H3/t24-/m1/s1. The second-order valence-corrected chi connectivity index (χ2v) is 9.35. The van der Waals surface area contributed by atoms with Crippen molar-refractivity contribution in [2.75, 3.05) is 6.61 Å². The molecule has 0 aliphatic carbocycles. The van der Waals surface area contributed by atoms with Crippen molar-refractivity contribution in [3.05, 3.63) is 94.3 Å². The normalized spacial score (nSPS) is 15.6. The van der Waals surface area contributed by atoms with Gasteiger partial charge >= 0.3 is 0 Å². The van der Waals surface area contributed by atoms with Crippen molar-refractivity contribution < 1.29 is 23.5 Å². The lowest BCUT2D eigenvalue weighted by Gasteiger charge is -2.15. The number of ether oxygens (including phenoxy) is 2. The molecule has 2 amide bonds. The maximum atomic E-state index is 13.1. The van der Waals surface area contributed by atoms with Crippen molar-refractivity contribution >= 4 is 34.5 Å². The lowest BCUT2D eigenvalue weighted by Crippen LogP contribution is -2.31. The van der Waals surface area contributed by atoms with E-state index in [1.54, 1.807) is 42.5 Å². The zero-order valence-electron chi connectivity index (χ0n) is 18.5. The lowest BCUT2D eigenvalue weighted by molar-refractivity contribution is -0.127. The van der Waals surface area contributed by atoms with Crippen LogP contribution in [0, 0.1) is 5.82 Å². The van der Waals surface area contributed by atoms with E-state index in [1.165, 1.54) is 17.0 Å². The molecule has 1 saturated heterocycles. The van der Waals surface area contributed by atoms with E-state index in [0.29, 0.717) is 29.5 Å². The molecule has 176 valence electrons. The third kappa shape index (κ3) is 5.90. The van der Waals surface area contributed by atoms with Gasteiger partial charge in [0, 0.05) is 5.02 Å². The fourth-order valence-electron chi connectivity index (χ4n) is 3.57. The predicted molar refractivity (Wildman–Crippen MR) is 131 cm³/mol.